The van der Waals surface area contributed by atoms with E-state index < -0.39 is 53.8 Å². The molecular formula is C18H33N5O6S. The van der Waals surface area contributed by atoms with Crippen molar-refractivity contribution in [2.24, 2.45) is 17.4 Å². The van der Waals surface area contributed by atoms with Gasteiger partial charge in [-0.05, 0) is 31.3 Å². The lowest BCUT2D eigenvalue weighted by molar-refractivity contribution is -0.143. The minimum Gasteiger partial charge on any atom is -0.480 e. The maximum Gasteiger partial charge on any atom is 0.326 e. The monoisotopic (exact) mass is 447 g/mol. The smallest absolute Gasteiger partial charge is 0.326 e. The fourth-order valence-electron chi connectivity index (χ4n) is 2.43. The van der Waals surface area contributed by atoms with Gasteiger partial charge in [0.05, 0.1) is 12.5 Å². The van der Waals surface area contributed by atoms with Gasteiger partial charge in [-0.2, -0.15) is 11.8 Å². The summed E-state index contributed by atoms with van der Waals surface area (Å²) in [5.41, 5.74) is 10.5. The van der Waals surface area contributed by atoms with Gasteiger partial charge in [0.15, 0.2) is 0 Å². The van der Waals surface area contributed by atoms with Gasteiger partial charge in [0.2, 0.25) is 23.6 Å². The number of carboxylic acids is 1. The number of hydrogen-bond donors (Lipinski definition) is 6. The van der Waals surface area contributed by atoms with Gasteiger partial charge >= 0.3 is 5.97 Å². The van der Waals surface area contributed by atoms with E-state index in [1.165, 1.54) is 18.7 Å². The summed E-state index contributed by atoms with van der Waals surface area (Å²) in [5.74, 6) is -3.66. The highest BCUT2D eigenvalue weighted by Crippen LogP contribution is 2.09. The third-order valence-electron chi connectivity index (χ3n) is 4.53. The van der Waals surface area contributed by atoms with E-state index >= 15 is 0 Å². The van der Waals surface area contributed by atoms with Crippen LogP contribution in [0.2, 0.25) is 0 Å². The zero-order valence-electron chi connectivity index (χ0n) is 17.8. The van der Waals surface area contributed by atoms with Crippen molar-refractivity contribution < 1.29 is 29.1 Å². The second-order valence-electron chi connectivity index (χ2n) is 7.06. The number of hydrogen-bond acceptors (Lipinski definition) is 7. The number of carboxylic acid groups (broad SMARTS) is 1. The summed E-state index contributed by atoms with van der Waals surface area (Å²) in [6.45, 7) is 4.92. The van der Waals surface area contributed by atoms with Crippen LogP contribution in [0.1, 0.15) is 40.0 Å². The summed E-state index contributed by atoms with van der Waals surface area (Å²) in [6, 6.07) is -4.29. The summed E-state index contributed by atoms with van der Waals surface area (Å²) in [7, 11) is 0. The lowest BCUT2D eigenvalue weighted by Gasteiger charge is -2.25. The largest absolute Gasteiger partial charge is 0.480 e. The van der Waals surface area contributed by atoms with E-state index in [2.05, 4.69) is 16.0 Å². The third kappa shape index (κ3) is 9.92. The number of primary amides is 1. The average Bonchev–Trinajstić information content (AvgIpc) is 2.67. The van der Waals surface area contributed by atoms with Crippen molar-refractivity contribution in [3.63, 3.8) is 0 Å². The Hall–Kier alpha value is -2.34. The maximum atomic E-state index is 12.6. The van der Waals surface area contributed by atoms with Crippen LogP contribution < -0.4 is 27.4 Å². The van der Waals surface area contributed by atoms with Crippen LogP contribution in [0.4, 0.5) is 0 Å². The first kappa shape index (κ1) is 27.7. The minimum atomic E-state index is -1.19. The van der Waals surface area contributed by atoms with Crippen molar-refractivity contribution in [1.82, 2.24) is 16.0 Å². The van der Waals surface area contributed by atoms with Crippen LogP contribution in [-0.4, -0.2) is 70.9 Å². The van der Waals surface area contributed by atoms with Gasteiger partial charge in [0.1, 0.15) is 18.1 Å². The molecule has 0 aromatic carbocycles. The quantitative estimate of drug-likeness (QED) is 0.186. The van der Waals surface area contributed by atoms with Crippen molar-refractivity contribution in [2.75, 3.05) is 12.0 Å². The lowest BCUT2D eigenvalue weighted by atomic mass is 9.98. The predicted molar refractivity (Wildman–Crippen MR) is 113 cm³/mol. The molecule has 0 heterocycles. The molecule has 0 fully saturated rings. The fourth-order valence-corrected chi connectivity index (χ4v) is 2.91. The Labute approximate surface area is 180 Å². The molecule has 0 aliphatic carbocycles. The molecule has 12 heteroatoms. The summed E-state index contributed by atoms with van der Waals surface area (Å²) >= 11 is 1.46. The predicted octanol–water partition coefficient (Wildman–Crippen LogP) is -1.45. The van der Waals surface area contributed by atoms with Crippen LogP contribution in [0.3, 0.4) is 0 Å². The molecule has 0 aliphatic heterocycles. The van der Waals surface area contributed by atoms with Crippen molar-refractivity contribution in [3.05, 3.63) is 0 Å². The summed E-state index contributed by atoms with van der Waals surface area (Å²) in [4.78, 5) is 59.3. The number of amides is 4. The average molecular weight is 448 g/mol. The number of nitrogens with two attached hydrogens (primary N) is 2. The first-order valence-corrected chi connectivity index (χ1v) is 11.0. The summed E-state index contributed by atoms with van der Waals surface area (Å²) < 4.78 is 0. The van der Waals surface area contributed by atoms with Gasteiger partial charge in [-0.1, -0.05) is 20.3 Å². The van der Waals surface area contributed by atoms with Crippen LogP contribution in [0.5, 0.6) is 0 Å². The zero-order chi connectivity index (χ0) is 23.4. The van der Waals surface area contributed by atoms with Gasteiger partial charge in [0.25, 0.3) is 0 Å². The van der Waals surface area contributed by atoms with E-state index in [1.54, 1.807) is 6.92 Å². The molecule has 8 N–H and O–H groups in total. The van der Waals surface area contributed by atoms with E-state index in [0.717, 1.165) is 0 Å². The Balaban J connectivity index is 5.11. The number of nitrogens with one attached hydrogen (secondary N) is 3. The second kappa shape index (κ2) is 13.8. The normalized spacial score (nSPS) is 15.8. The van der Waals surface area contributed by atoms with E-state index in [0.29, 0.717) is 12.2 Å². The molecule has 30 heavy (non-hydrogen) atoms. The van der Waals surface area contributed by atoms with Crippen molar-refractivity contribution in [1.29, 1.82) is 0 Å². The number of carbonyl (C=O) groups excluding carboxylic acids is 4. The van der Waals surface area contributed by atoms with Crippen molar-refractivity contribution in [2.45, 2.75) is 64.2 Å². The Kier molecular flexibility index (Phi) is 12.7. The van der Waals surface area contributed by atoms with E-state index in [9.17, 15) is 29.1 Å². The van der Waals surface area contributed by atoms with Crippen LogP contribution >= 0.6 is 11.8 Å². The lowest BCUT2D eigenvalue weighted by Crippen LogP contribution is -2.57. The Bertz CT molecular complexity index is 632. The summed E-state index contributed by atoms with van der Waals surface area (Å²) in [6.07, 6.45) is 2.28. The summed E-state index contributed by atoms with van der Waals surface area (Å²) in [5, 5.41) is 16.7. The molecule has 0 aromatic heterocycles. The standard InChI is InChI=1S/C18H33N5O6S/c1-5-9(2)14(18(28)29)23-17(27)12(6-7-30-4)22-15(25)10(3)21-16(26)11(19)8-13(20)24/h9-12,14H,5-8,19H2,1-4H3,(H2,20,24)(H,21,26)(H,22,25)(H,23,27)(H,28,29). The highest BCUT2D eigenvalue weighted by Gasteiger charge is 2.30. The molecule has 5 atom stereocenters. The van der Waals surface area contributed by atoms with Crippen LogP contribution in [0.25, 0.3) is 0 Å². The third-order valence-corrected chi connectivity index (χ3v) is 5.17. The fraction of sp³-hybridized carbons (Fsp3) is 0.722. The molecule has 0 aromatic rings. The van der Waals surface area contributed by atoms with Crippen molar-refractivity contribution in [3.8, 4) is 0 Å². The SMILES string of the molecule is CCC(C)C(NC(=O)C(CCSC)NC(=O)C(C)NC(=O)C(N)CC(N)=O)C(=O)O. The Morgan fingerprint density at radius 1 is 1.00 bits per heavy atom. The maximum absolute atomic E-state index is 12.6. The van der Waals surface area contributed by atoms with Crippen molar-refractivity contribution >= 4 is 41.4 Å². The molecule has 0 radical (unpaired) electrons. The van der Waals surface area contributed by atoms with E-state index in [1.807, 2.05) is 13.2 Å². The molecule has 0 bridgehead atoms. The van der Waals surface area contributed by atoms with Crippen LogP contribution in [0.15, 0.2) is 0 Å². The van der Waals surface area contributed by atoms with Gasteiger partial charge in [0, 0.05) is 0 Å². The van der Waals surface area contributed by atoms with Gasteiger partial charge < -0.3 is 32.5 Å². The topological polar surface area (TPSA) is 194 Å². The molecule has 0 rings (SSSR count). The number of rotatable bonds is 14. The van der Waals surface area contributed by atoms with Gasteiger partial charge in [-0.25, -0.2) is 4.79 Å². The number of carbonyl (C=O) groups is 5. The molecule has 172 valence electrons. The van der Waals surface area contributed by atoms with Gasteiger partial charge in [-0.3, -0.25) is 19.2 Å². The molecule has 11 nitrogen and oxygen atoms in total. The molecule has 0 saturated carbocycles. The molecule has 0 aliphatic rings. The molecule has 0 spiro atoms. The van der Waals surface area contributed by atoms with Crippen LogP contribution in [-0.2, 0) is 24.0 Å². The first-order chi connectivity index (χ1) is 13.9. The second-order valence-corrected chi connectivity index (χ2v) is 8.05. The van der Waals surface area contributed by atoms with E-state index in [-0.39, 0.29) is 18.8 Å². The number of aliphatic carboxylic acids is 1. The molecule has 5 unspecified atom stereocenters. The van der Waals surface area contributed by atoms with Crippen LogP contribution in [0, 0.1) is 5.92 Å². The zero-order valence-corrected chi connectivity index (χ0v) is 18.6. The number of thioether (sulfide) groups is 1. The molecule has 0 saturated heterocycles. The Morgan fingerprint density at radius 3 is 2.07 bits per heavy atom. The van der Waals surface area contributed by atoms with Gasteiger partial charge in [-0.15, -0.1) is 0 Å². The highest BCUT2D eigenvalue weighted by molar-refractivity contribution is 7.98. The molecule has 4 amide bonds. The highest BCUT2D eigenvalue weighted by atomic mass is 32.2. The first-order valence-electron chi connectivity index (χ1n) is 9.61. The minimum absolute atomic E-state index is 0.271. The Morgan fingerprint density at radius 2 is 1.60 bits per heavy atom. The molecular weight excluding hydrogens is 414 g/mol. The van der Waals surface area contributed by atoms with E-state index in [4.69, 9.17) is 11.5 Å².